The molecular formula is C10H13NO4S. The first-order chi connectivity index (χ1) is 7.44. The molecule has 0 unspecified atom stereocenters. The van der Waals surface area contributed by atoms with Crippen LogP contribution in [0.2, 0.25) is 0 Å². The zero-order chi connectivity index (χ0) is 12.2. The van der Waals surface area contributed by atoms with Crippen LogP contribution in [0.4, 0.5) is 0 Å². The minimum Gasteiger partial charge on any atom is -0.465 e. The fraction of sp³-hybridized carbons (Fsp3) is 0.300. The maximum Gasteiger partial charge on any atom is 0.338 e. The molecule has 0 aromatic heterocycles. The van der Waals surface area contributed by atoms with E-state index in [-0.39, 0.29) is 6.54 Å². The molecule has 0 aliphatic heterocycles. The SMILES string of the molecule is COC(=O)c1ccccc1CNS(C)(=O)=O. The van der Waals surface area contributed by atoms with Gasteiger partial charge in [0.15, 0.2) is 0 Å². The van der Waals surface area contributed by atoms with Crippen LogP contribution in [-0.4, -0.2) is 27.8 Å². The summed E-state index contributed by atoms with van der Waals surface area (Å²) in [5.41, 5.74) is 0.945. The Morgan fingerprint density at radius 2 is 2.00 bits per heavy atom. The number of hydrogen-bond donors (Lipinski definition) is 1. The second kappa shape index (κ2) is 5.09. The first-order valence-electron chi connectivity index (χ1n) is 4.55. The molecule has 0 amide bonds. The van der Waals surface area contributed by atoms with Gasteiger partial charge in [-0.15, -0.1) is 0 Å². The molecule has 0 aliphatic carbocycles. The van der Waals surface area contributed by atoms with Gasteiger partial charge >= 0.3 is 5.97 Å². The average molecular weight is 243 g/mol. The van der Waals surface area contributed by atoms with Gasteiger partial charge in [-0.3, -0.25) is 0 Å². The van der Waals surface area contributed by atoms with Gasteiger partial charge in [0, 0.05) is 6.54 Å². The second-order valence-electron chi connectivity index (χ2n) is 3.24. The number of rotatable bonds is 4. The molecule has 1 aromatic carbocycles. The number of ether oxygens (including phenoxy) is 1. The Morgan fingerprint density at radius 3 is 2.56 bits per heavy atom. The molecule has 1 aromatic rings. The topological polar surface area (TPSA) is 72.5 Å². The van der Waals surface area contributed by atoms with E-state index in [1.165, 1.54) is 7.11 Å². The molecule has 0 aliphatic rings. The summed E-state index contributed by atoms with van der Waals surface area (Å²) in [5, 5.41) is 0. The van der Waals surface area contributed by atoms with E-state index >= 15 is 0 Å². The number of carbonyl (C=O) groups excluding carboxylic acids is 1. The van der Waals surface area contributed by atoms with Gasteiger partial charge in [-0.25, -0.2) is 17.9 Å². The Bertz CT molecular complexity index is 481. The quantitative estimate of drug-likeness (QED) is 0.783. The summed E-state index contributed by atoms with van der Waals surface area (Å²) in [7, 11) is -1.99. The van der Waals surface area contributed by atoms with E-state index in [4.69, 9.17) is 0 Å². The maximum absolute atomic E-state index is 11.4. The lowest BCUT2D eigenvalue weighted by Crippen LogP contribution is -2.22. The van der Waals surface area contributed by atoms with Crippen molar-refractivity contribution in [1.29, 1.82) is 0 Å². The van der Waals surface area contributed by atoms with E-state index < -0.39 is 16.0 Å². The van der Waals surface area contributed by atoms with Crippen molar-refractivity contribution < 1.29 is 17.9 Å². The number of hydrogen-bond acceptors (Lipinski definition) is 4. The van der Waals surface area contributed by atoms with Crippen LogP contribution in [0.5, 0.6) is 0 Å². The Labute approximate surface area is 94.5 Å². The van der Waals surface area contributed by atoms with Gasteiger partial charge < -0.3 is 4.74 Å². The van der Waals surface area contributed by atoms with Gasteiger partial charge in [0.2, 0.25) is 10.0 Å². The van der Waals surface area contributed by atoms with Crippen LogP contribution in [0.1, 0.15) is 15.9 Å². The number of esters is 1. The smallest absolute Gasteiger partial charge is 0.338 e. The maximum atomic E-state index is 11.4. The first-order valence-corrected chi connectivity index (χ1v) is 6.44. The van der Waals surface area contributed by atoms with Crippen molar-refractivity contribution in [2.75, 3.05) is 13.4 Å². The van der Waals surface area contributed by atoms with Crippen molar-refractivity contribution >= 4 is 16.0 Å². The Morgan fingerprint density at radius 1 is 1.38 bits per heavy atom. The van der Waals surface area contributed by atoms with Crippen molar-refractivity contribution in [3.05, 3.63) is 35.4 Å². The number of carbonyl (C=O) groups is 1. The minimum atomic E-state index is -3.27. The van der Waals surface area contributed by atoms with Crippen LogP contribution in [0.3, 0.4) is 0 Å². The molecule has 16 heavy (non-hydrogen) atoms. The molecule has 1 N–H and O–H groups in total. The van der Waals surface area contributed by atoms with Gasteiger partial charge in [-0.05, 0) is 11.6 Å². The van der Waals surface area contributed by atoms with Gasteiger partial charge in [-0.1, -0.05) is 18.2 Å². The normalized spacial score (nSPS) is 11.1. The third-order valence-corrected chi connectivity index (χ3v) is 2.62. The third-order valence-electron chi connectivity index (χ3n) is 1.95. The summed E-state index contributed by atoms with van der Waals surface area (Å²) in [4.78, 5) is 11.4. The predicted molar refractivity (Wildman–Crippen MR) is 59.5 cm³/mol. The van der Waals surface area contributed by atoms with Crippen LogP contribution in [0, 0.1) is 0 Å². The first kappa shape index (κ1) is 12.7. The summed E-state index contributed by atoms with van der Waals surface area (Å²) < 4.78 is 28.8. The Hall–Kier alpha value is -1.40. The Balaban J connectivity index is 2.91. The molecule has 0 radical (unpaired) electrons. The fourth-order valence-corrected chi connectivity index (χ4v) is 1.61. The van der Waals surface area contributed by atoms with E-state index in [1.807, 2.05) is 0 Å². The summed E-state index contributed by atoms with van der Waals surface area (Å²) in [5.74, 6) is -0.481. The average Bonchev–Trinajstić information content (AvgIpc) is 2.25. The highest BCUT2D eigenvalue weighted by Gasteiger charge is 2.11. The van der Waals surface area contributed by atoms with Gasteiger partial charge in [0.1, 0.15) is 0 Å². The number of benzene rings is 1. The molecule has 0 spiro atoms. The number of nitrogens with one attached hydrogen (secondary N) is 1. The lowest BCUT2D eigenvalue weighted by molar-refractivity contribution is 0.0599. The predicted octanol–water partition coefficient (Wildman–Crippen LogP) is 0.522. The van der Waals surface area contributed by atoms with E-state index in [1.54, 1.807) is 24.3 Å². The molecule has 5 nitrogen and oxygen atoms in total. The largest absolute Gasteiger partial charge is 0.465 e. The molecule has 0 saturated heterocycles. The van der Waals surface area contributed by atoms with E-state index in [0.29, 0.717) is 11.1 Å². The lowest BCUT2D eigenvalue weighted by atomic mass is 10.1. The second-order valence-corrected chi connectivity index (χ2v) is 5.08. The third kappa shape index (κ3) is 3.63. The molecule has 0 heterocycles. The molecule has 0 atom stereocenters. The zero-order valence-electron chi connectivity index (χ0n) is 9.06. The summed E-state index contributed by atoms with van der Waals surface area (Å²) in [6, 6.07) is 6.68. The molecule has 1 rings (SSSR count). The molecule has 6 heteroatoms. The molecule has 88 valence electrons. The monoisotopic (exact) mass is 243 g/mol. The summed E-state index contributed by atoms with van der Waals surface area (Å²) in [6.07, 6.45) is 1.06. The van der Waals surface area contributed by atoms with Gasteiger partial charge in [0.05, 0.1) is 18.9 Å². The van der Waals surface area contributed by atoms with Crippen molar-refractivity contribution in [1.82, 2.24) is 4.72 Å². The van der Waals surface area contributed by atoms with Gasteiger partial charge in [0.25, 0.3) is 0 Å². The molecule has 0 fully saturated rings. The van der Waals surface area contributed by atoms with E-state index in [0.717, 1.165) is 6.26 Å². The molecule has 0 bridgehead atoms. The van der Waals surface area contributed by atoms with Crippen LogP contribution in [-0.2, 0) is 21.3 Å². The van der Waals surface area contributed by atoms with E-state index in [9.17, 15) is 13.2 Å². The van der Waals surface area contributed by atoms with Crippen molar-refractivity contribution in [2.45, 2.75) is 6.54 Å². The highest BCUT2D eigenvalue weighted by molar-refractivity contribution is 7.88. The highest BCUT2D eigenvalue weighted by Crippen LogP contribution is 2.09. The number of sulfonamides is 1. The number of methoxy groups -OCH3 is 1. The van der Waals surface area contributed by atoms with Crippen LogP contribution in [0.25, 0.3) is 0 Å². The summed E-state index contributed by atoms with van der Waals surface area (Å²) in [6.45, 7) is 0.0735. The molecule has 0 saturated carbocycles. The van der Waals surface area contributed by atoms with Crippen molar-refractivity contribution in [3.8, 4) is 0 Å². The van der Waals surface area contributed by atoms with Crippen molar-refractivity contribution in [3.63, 3.8) is 0 Å². The standard InChI is InChI=1S/C10H13NO4S/c1-15-10(12)9-6-4-3-5-8(9)7-11-16(2,13)14/h3-6,11H,7H2,1-2H3. The summed E-state index contributed by atoms with van der Waals surface area (Å²) >= 11 is 0. The van der Waals surface area contributed by atoms with E-state index in [2.05, 4.69) is 9.46 Å². The highest BCUT2D eigenvalue weighted by atomic mass is 32.2. The minimum absolute atomic E-state index is 0.0735. The lowest BCUT2D eigenvalue weighted by Gasteiger charge is -2.07. The fourth-order valence-electron chi connectivity index (χ4n) is 1.19. The zero-order valence-corrected chi connectivity index (χ0v) is 9.87. The van der Waals surface area contributed by atoms with Crippen LogP contribution in [0.15, 0.2) is 24.3 Å². The Kier molecular flexibility index (Phi) is 4.03. The van der Waals surface area contributed by atoms with Crippen LogP contribution < -0.4 is 4.72 Å². The van der Waals surface area contributed by atoms with Gasteiger partial charge in [-0.2, -0.15) is 0 Å². The van der Waals surface area contributed by atoms with Crippen LogP contribution >= 0.6 is 0 Å². The molecular weight excluding hydrogens is 230 g/mol. The van der Waals surface area contributed by atoms with Crippen molar-refractivity contribution in [2.24, 2.45) is 0 Å².